The summed E-state index contributed by atoms with van der Waals surface area (Å²) in [5.41, 5.74) is 0.502. The van der Waals surface area contributed by atoms with Gasteiger partial charge in [-0.1, -0.05) is 33.1 Å². The lowest BCUT2D eigenvalue weighted by molar-refractivity contribution is 0.0739. The molecule has 18 heavy (non-hydrogen) atoms. The van der Waals surface area contributed by atoms with Crippen LogP contribution in [0.4, 0.5) is 0 Å². The number of hydrogen-bond acceptors (Lipinski definition) is 2. The molecule has 3 unspecified atom stereocenters. The maximum atomic E-state index is 3.85. The summed E-state index contributed by atoms with van der Waals surface area (Å²) in [5.74, 6) is 1.91. The zero-order valence-electron chi connectivity index (χ0n) is 12.3. The highest BCUT2D eigenvalue weighted by Crippen LogP contribution is 2.40. The molecule has 1 N–H and O–H groups in total. The van der Waals surface area contributed by atoms with Crippen molar-refractivity contribution in [2.24, 2.45) is 11.8 Å². The van der Waals surface area contributed by atoms with Crippen molar-refractivity contribution in [2.45, 2.75) is 70.4 Å². The first-order valence-corrected chi connectivity index (χ1v) is 8.23. The molecule has 1 aliphatic heterocycles. The molecule has 0 radical (unpaired) electrons. The normalized spacial score (nSPS) is 40.7. The van der Waals surface area contributed by atoms with E-state index in [0.29, 0.717) is 5.54 Å². The van der Waals surface area contributed by atoms with Gasteiger partial charge in [-0.3, -0.25) is 4.90 Å². The second-order valence-corrected chi connectivity index (χ2v) is 7.06. The van der Waals surface area contributed by atoms with E-state index < -0.39 is 0 Å². The van der Waals surface area contributed by atoms with Crippen molar-refractivity contribution in [1.29, 1.82) is 0 Å². The minimum Gasteiger partial charge on any atom is -0.309 e. The molecule has 1 heterocycles. The molecule has 3 aliphatic rings. The standard InChI is InChI=1S/C16H30N2/c1-3-14-6-7-15(13(14)2)18-11-10-17-16(12-18)8-4-5-9-16/h13-15,17H,3-12H2,1-2H3. The fourth-order valence-corrected chi connectivity index (χ4v) is 4.97. The number of rotatable bonds is 2. The Morgan fingerprint density at radius 2 is 2.00 bits per heavy atom. The average Bonchev–Trinajstić information content (AvgIpc) is 2.97. The van der Waals surface area contributed by atoms with Crippen molar-refractivity contribution in [1.82, 2.24) is 10.2 Å². The van der Waals surface area contributed by atoms with E-state index in [-0.39, 0.29) is 0 Å². The van der Waals surface area contributed by atoms with Crippen LogP contribution < -0.4 is 5.32 Å². The van der Waals surface area contributed by atoms with Crippen molar-refractivity contribution in [3.63, 3.8) is 0 Å². The molecule has 3 rings (SSSR count). The molecule has 1 spiro atoms. The number of piperazine rings is 1. The average molecular weight is 250 g/mol. The van der Waals surface area contributed by atoms with Crippen molar-refractivity contribution < 1.29 is 0 Å². The summed E-state index contributed by atoms with van der Waals surface area (Å²) < 4.78 is 0. The zero-order chi connectivity index (χ0) is 12.6. The molecule has 0 aromatic heterocycles. The lowest BCUT2D eigenvalue weighted by Gasteiger charge is -2.45. The topological polar surface area (TPSA) is 15.3 Å². The van der Waals surface area contributed by atoms with E-state index in [1.54, 1.807) is 0 Å². The van der Waals surface area contributed by atoms with Crippen LogP contribution in [-0.2, 0) is 0 Å². The monoisotopic (exact) mass is 250 g/mol. The van der Waals surface area contributed by atoms with Crippen molar-refractivity contribution in [2.75, 3.05) is 19.6 Å². The third-order valence-corrected chi connectivity index (χ3v) is 6.14. The first-order chi connectivity index (χ1) is 8.74. The third-order valence-electron chi connectivity index (χ3n) is 6.14. The fourth-order valence-electron chi connectivity index (χ4n) is 4.97. The summed E-state index contributed by atoms with van der Waals surface area (Å²) in [4.78, 5) is 2.85. The second kappa shape index (κ2) is 5.13. The minimum absolute atomic E-state index is 0.502. The number of nitrogens with zero attached hydrogens (tertiary/aromatic N) is 1. The van der Waals surface area contributed by atoms with E-state index in [2.05, 4.69) is 24.1 Å². The molecule has 0 bridgehead atoms. The second-order valence-electron chi connectivity index (χ2n) is 7.06. The van der Waals surface area contributed by atoms with Crippen molar-refractivity contribution in [3.05, 3.63) is 0 Å². The quantitative estimate of drug-likeness (QED) is 0.810. The Kier molecular flexibility index (Phi) is 3.68. The van der Waals surface area contributed by atoms with Crippen LogP contribution in [0, 0.1) is 11.8 Å². The van der Waals surface area contributed by atoms with Gasteiger partial charge in [0.15, 0.2) is 0 Å². The maximum Gasteiger partial charge on any atom is 0.0309 e. The zero-order valence-corrected chi connectivity index (χ0v) is 12.3. The Bertz CT molecular complexity index is 283. The molecule has 104 valence electrons. The van der Waals surface area contributed by atoms with Gasteiger partial charge >= 0.3 is 0 Å². The van der Waals surface area contributed by atoms with Crippen molar-refractivity contribution in [3.8, 4) is 0 Å². The van der Waals surface area contributed by atoms with Gasteiger partial charge in [0.05, 0.1) is 0 Å². The number of nitrogens with one attached hydrogen (secondary N) is 1. The summed E-state index contributed by atoms with van der Waals surface area (Å²) in [7, 11) is 0. The molecule has 1 saturated heterocycles. The van der Waals surface area contributed by atoms with Crippen LogP contribution in [0.2, 0.25) is 0 Å². The van der Waals surface area contributed by atoms with Gasteiger partial charge in [-0.25, -0.2) is 0 Å². The highest BCUT2D eigenvalue weighted by atomic mass is 15.3. The Hall–Kier alpha value is -0.0800. The van der Waals surface area contributed by atoms with E-state index >= 15 is 0 Å². The SMILES string of the molecule is CCC1CCC(N2CCNC3(CCCC3)C2)C1C. The Morgan fingerprint density at radius 3 is 2.67 bits per heavy atom. The molecule has 3 atom stereocenters. The molecule has 2 aliphatic carbocycles. The Balaban J connectivity index is 1.65. The molecule has 2 heteroatoms. The Morgan fingerprint density at radius 1 is 1.22 bits per heavy atom. The van der Waals surface area contributed by atoms with Crippen LogP contribution in [0.15, 0.2) is 0 Å². The first kappa shape index (κ1) is 12.9. The van der Waals surface area contributed by atoms with Gasteiger partial charge < -0.3 is 5.32 Å². The summed E-state index contributed by atoms with van der Waals surface area (Å²) in [6, 6.07) is 0.884. The fraction of sp³-hybridized carbons (Fsp3) is 1.00. The van der Waals surface area contributed by atoms with E-state index in [1.165, 1.54) is 64.6 Å². The minimum atomic E-state index is 0.502. The summed E-state index contributed by atoms with van der Waals surface area (Å²) >= 11 is 0. The highest BCUT2D eigenvalue weighted by molar-refractivity contribution is 5.01. The van der Waals surface area contributed by atoms with Crippen LogP contribution in [-0.4, -0.2) is 36.1 Å². The summed E-state index contributed by atoms with van der Waals surface area (Å²) in [6.07, 6.45) is 10.0. The maximum absolute atomic E-state index is 3.85. The van der Waals surface area contributed by atoms with Gasteiger partial charge in [0, 0.05) is 31.2 Å². The number of hydrogen-bond donors (Lipinski definition) is 1. The highest BCUT2D eigenvalue weighted by Gasteiger charge is 2.42. The van der Waals surface area contributed by atoms with Gasteiger partial charge in [0.2, 0.25) is 0 Å². The van der Waals surface area contributed by atoms with Crippen LogP contribution >= 0.6 is 0 Å². The predicted molar refractivity (Wildman–Crippen MR) is 76.7 cm³/mol. The first-order valence-electron chi connectivity index (χ1n) is 8.23. The molecule has 2 nitrogen and oxygen atoms in total. The van der Waals surface area contributed by atoms with E-state index in [9.17, 15) is 0 Å². The molecular weight excluding hydrogens is 220 g/mol. The van der Waals surface area contributed by atoms with E-state index in [0.717, 1.165) is 17.9 Å². The van der Waals surface area contributed by atoms with Gasteiger partial charge in [0.25, 0.3) is 0 Å². The molecular formula is C16H30N2. The molecule has 0 amide bonds. The summed E-state index contributed by atoms with van der Waals surface area (Å²) in [6.45, 7) is 8.72. The summed E-state index contributed by atoms with van der Waals surface area (Å²) in [5, 5.41) is 3.85. The van der Waals surface area contributed by atoms with Gasteiger partial charge in [-0.15, -0.1) is 0 Å². The van der Waals surface area contributed by atoms with Gasteiger partial charge in [0.1, 0.15) is 0 Å². The van der Waals surface area contributed by atoms with Crippen LogP contribution in [0.5, 0.6) is 0 Å². The Labute approximate surface area is 113 Å². The van der Waals surface area contributed by atoms with Crippen LogP contribution in [0.3, 0.4) is 0 Å². The largest absolute Gasteiger partial charge is 0.309 e. The lowest BCUT2D eigenvalue weighted by atomic mass is 9.89. The van der Waals surface area contributed by atoms with Crippen molar-refractivity contribution >= 4 is 0 Å². The molecule has 2 saturated carbocycles. The predicted octanol–water partition coefficient (Wildman–Crippen LogP) is 3.03. The van der Waals surface area contributed by atoms with Gasteiger partial charge in [-0.2, -0.15) is 0 Å². The van der Waals surface area contributed by atoms with Crippen LogP contribution in [0.1, 0.15) is 58.8 Å². The lowest BCUT2D eigenvalue weighted by Crippen LogP contribution is -2.61. The van der Waals surface area contributed by atoms with Crippen LogP contribution in [0.25, 0.3) is 0 Å². The van der Waals surface area contributed by atoms with E-state index in [1.807, 2.05) is 0 Å². The molecule has 0 aromatic carbocycles. The van der Waals surface area contributed by atoms with Gasteiger partial charge in [-0.05, 0) is 37.5 Å². The van der Waals surface area contributed by atoms with E-state index in [4.69, 9.17) is 0 Å². The molecule has 3 fully saturated rings. The smallest absolute Gasteiger partial charge is 0.0309 e. The molecule has 0 aromatic rings. The third kappa shape index (κ3) is 2.22.